The molecular weight excluding hydrogens is 240 g/mol. The van der Waals surface area contributed by atoms with Crippen LogP contribution in [0.15, 0.2) is 35.8 Å². The number of hydrogen-bond acceptors (Lipinski definition) is 3. The van der Waals surface area contributed by atoms with Crippen molar-refractivity contribution in [3.63, 3.8) is 0 Å². The first-order chi connectivity index (χ1) is 8.88. The molecule has 2 nitrogen and oxygen atoms in total. The fourth-order valence-electron chi connectivity index (χ4n) is 2.31. The molecule has 1 heterocycles. The van der Waals surface area contributed by atoms with Crippen LogP contribution < -0.4 is 5.32 Å². The van der Waals surface area contributed by atoms with Crippen molar-refractivity contribution in [2.75, 3.05) is 6.54 Å². The maximum atomic E-state index is 4.44. The number of nitrogens with zero attached hydrogens (tertiary/aromatic N) is 1. The van der Waals surface area contributed by atoms with Crippen molar-refractivity contribution in [3.8, 4) is 0 Å². The molecule has 0 bridgehead atoms. The van der Waals surface area contributed by atoms with Crippen LogP contribution in [0, 0.1) is 0 Å². The van der Waals surface area contributed by atoms with Gasteiger partial charge in [-0.2, -0.15) is 0 Å². The fraction of sp³-hybridized carbons (Fsp3) is 0.400. The van der Waals surface area contributed by atoms with E-state index in [0.29, 0.717) is 0 Å². The number of rotatable bonds is 5. The lowest BCUT2D eigenvalue weighted by molar-refractivity contribution is 0.627. The molecule has 18 heavy (non-hydrogen) atoms. The van der Waals surface area contributed by atoms with Gasteiger partial charge in [-0.25, -0.2) is 4.98 Å². The summed E-state index contributed by atoms with van der Waals surface area (Å²) in [6, 6.07) is 9.31. The molecule has 1 aliphatic rings. The first-order valence-corrected chi connectivity index (χ1v) is 7.49. The van der Waals surface area contributed by atoms with Gasteiger partial charge in [0.25, 0.3) is 0 Å². The summed E-state index contributed by atoms with van der Waals surface area (Å²) in [5, 5.41) is 6.70. The van der Waals surface area contributed by atoms with Crippen LogP contribution in [0.25, 0.3) is 0 Å². The van der Waals surface area contributed by atoms with E-state index in [1.807, 2.05) is 11.6 Å². The van der Waals surface area contributed by atoms with Gasteiger partial charge in [-0.05, 0) is 36.4 Å². The van der Waals surface area contributed by atoms with Crippen LogP contribution in [0.5, 0.6) is 0 Å². The largest absolute Gasteiger partial charge is 0.305 e. The zero-order valence-electron chi connectivity index (χ0n) is 10.6. The predicted molar refractivity (Wildman–Crippen MR) is 76.1 cm³/mol. The van der Waals surface area contributed by atoms with Gasteiger partial charge < -0.3 is 5.32 Å². The lowest BCUT2D eigenvalue weighted by atomic mass is 10.0. The Balaban J connectivity index is 1.85. The highest BCUT2D eigenvalue weighted by Gasteiger charge is 2.23. The van der Waals surface area contributed by atoms with Gasteiger partial charge in [-0.1, -0.05) is 31.2 Å². The molecule has 1 aromatic carbocycles. The summed E-state index contributed by atoms with van der Waals surface area (Å²) in [7, 11) is 0. The van der Waals surface area contributed by atoms with Gasteiger partial charge in [0, 0.05) is 11.6 Å². The molecule has 1 aliphatic carbocycles. The van der Waals surface area contributed by atoms with Crippen LogP contribution in [-0.2, 0) is 0 Å². The third kappa shape index (κ3) is 2.47. The van der Waals surface area contributed by atoms with E-state index in [4.69, 9.17) is 0 Å². The molecule has 0 aliphatic heterocycles. The molecule has 0 spiro atoms. The van der Waals surface area contributed by atoms with Crippen LogP contribution in [0.1, 0.15) is 47.9 Å². The predicted octanol–water partition coefficient (Wildman–Crippen LogP) is 3.72. The summed E-state index contributed by atoms with van der Waals surface area (Å²) >= 11 is 1.72. The second kappa shape index (κ2) is 5.21. The topological polar surface area (TPSA) is 24.9 Å². The van der Waals surface area contributed by atoms with E-state index >= 15 is 0 Å². The smallest absolute Gasteiger partial charge is 0.114 e. The van der Waals surface area contributed by atoms with Gasteiger partial charge in [-0.15, -0.1) is 11.3 Å². The summed E-state index contributed by atoms with van der Waals surface area (Å²) in [6.07, 6.45) is 4.60. The molecule has 0 saturated heterocycles. The van der Waals surface area contributed by atoms with E-state index in [1.165, 1.54) is 24.0 Å². The quantitative estimate of drug-likeness (QED) is 0.884. The van der Waals surface area contributed by atoms with Crippen molar-refractivity contribution in [1.82, 2.24) is 10.3 Å². The van der Waals surface area contributed by atoms with E-state index in [2.05, 4.69) is 41.5 Å². The van der Waals surface area contributed by atoms with Crippen LogP contribution in [0.4, 0.5) is 0 Å². The molecule has 0 radical (unpaired) electrons. The second-order valence-electron chi connectivity index (χ2n) is 4.80. The minimum Gasteiger partial charge on any atom is -0.305 e. The lowest BCUT2D eigenvalue weighted by Crippen LogP contribution is -2.21. The van der Waals surface area contributed by atoms with Crippen LogP contribution >= 0.6 is 11.3 Å². The number of hydrogen-bond donors (Lipinski definition) is 1. The average Bonchev–Trinajstić information content (AvgIpc) is 3.12. The molecule has 3 rings (SSSR count). The molecule has 1 unspecified atom stereocenters. The van der Waals surface area contributed by atoms with E-state index in [9.17, 15) is 0 Å². The van der Waals surface area contributed by atoms with E-state index in [0.717, 1.165) is 17.5 Å². The minimum atomic E-state index is 0.239. The van der Waals surface area contributed by atoms with E-state index in [1.54, 1.807) is 11.3 Å². The summed E-state index contributed by atoms with van der Waals surface area (Å²) in [4.78, 5) is 4.44. The number of benzene rings is 1. The Kier molecular flexibility index (Phi) is 3.43. The highest BCUT2D eigenvalue weighted by Crippen LogP contribution is 2.40. The molecule has 3 heteroatoms. The van der Waals surface area contributed by atoms with E-state index < -0.39 is 0 Å². The lowest BCUT2D eigenvalue weighted by Gasteiger charge is -2.16. The summed E-state index contributed by atoms with van der Waals surface area (Å²) < 4.78 is 0. The summed E-state index contributed by atoms with van der Waals surface area (Å²) in [5.41, 5.74) is 2.81. The standard InChI is InChI=1S/C15H18N2S/c1-2-16-14(15-17-9-10-18-15)13-7-5-12(6-8-13)11-3-4-11/h5-11,14,16H,2-4H2,1H3. The molecule has 2 aromatic rings. The third-order valence-corrected chi connectivity index (χ3v) is 4.27. The average molecular weight is 258 g/mol. The first-order valence-electron chi connectivity index (χ1n) is 6.61. The normalized spacial score (nSPS) is 16.7. The van der Waals surface area contributed by atoms with E-state index in [-0.39, 0.29) is 6.04 Å². The fourth-order valence-corrected chi connectivity index (χ4v) is 3.04. The van der Waals surface area contributed by atoms with Crippen LogP contribution in [-0.4, -0.2) is 11.5 Å². The van der Waals surface area contributed by atoms with Gasteiger partial charge in [0.2, 0.25) is 0 Å². The van der Waals surface area contributed by atoms with Crippen molar-refractivity contribution in [2.24, 2.45) is 0 Å². The van der Waals surface area contributed by atoms with Crippen molar-refractivity contribution in [1.29, 1.82) is 0 Å². The molecule has 1 N–H and O–H groups in total. The zero-order chi connectivity index (χ0) is 12.4. The van der Waals surface area contributed by atoms with Gasteiger partial charge in [0.1, 0.15) is 5.01 Å². The van der Waals surface area contributed by atoms with Gasteiger partial charge in [0.15, 0.2) is 0 Å². The second-order valence-corrected chi connectivity index (χ2v) is 5.73. The number of aromatic nitrogens is 1. The maximum absolute atomic E-state index is 4.44. The Labute approximate surface area is 112 Å². The van der Waals surface area contributed by atoms with Crippen molar-refractivity contribution in [3.05, 3.63) is 52.0 Å². The van der Waals surface area contributed by atoms with Crippen molar-refractivity contribution in [2.45, 2.75) is 31.7 Å². The van der Waals surface area contributed by atoms with Crippen LogP contribution in [0.3, 0.4) is 0 Å². The van der Waals surface area contributed by atoms with Gasteiger partial charge in [0.05, 0.1) is 6.04 Å². The highest BCUT2D eigenvalue weighted by atomic mass is 32.1. The molecule has 1 fully saturated rings. The third-order valence-electron chi connectivity index (χ3n) is 3.43. The molecule has 94 valence electrons. The monoisotopic (exact) mass is 258 g/mol. The molecule has 0 amide bonds. The zero-order valence-corrected chi connectivity index (χ0v) is 11.4. The van der Waals surface area contributed by atoms with Crippen LogP contribution in [0.2, 0.25) is 0 Å². The summed E-state index contributed by atoms with van der Waals surface area (Å²) in [5.74, 6) is 0.830. The Morgan fingerprint density at radius 2 is 2.11 bits per heavy atom. The van der Waals surface area contributed by atoms with Gasteiger partial charge >= 0.3 is 0 Å². The first kappa shape index (κ1) is 11.9. The molecular formula is C15H18N2S. The van der Waals surface area contributed by atoms with Gasteiger partial charge in [-0.3, -0.25) is 0 Å². The SMILES string of the molecule is CCNC(c1ccc(C2CC2)cc1)c1nccs1. The number of thiazole rings is 1. The Bertz CT molecular complexity index is 486. The number of nitrogens with one attached hydrogen (secondary N) is 1. The Morgan fingerprint density at radius 1 is 1.33 bits per heavy atom. The van der Waals surface area contributed by atoms with Crippen molar-refractivity contribution >= 4 is 11.3 Å². The Hall–Kier alpha value is -1.19. The molecule has 1 aromatic heterocycles. The highest BCUT2D eigenvalue weighted by molar-refractivity contribution is 7.09. The molecule has 1 saturated carbocycles. The van der Waals surface area contributed by atoms with Crippen molar-refractivity contribution < 1.29 is 0 Å². The minimum absolute atomic E-state index is 0.239. The Morgan fingerprint density at radius 3 is 2.67 bits per heavy atom. The summed E-state index contributed by atoms with van der Waals surface area (Å²) in [6.45, 7) is 3.09. The maximum Gasteiger partial charge on any atom is 0.114 e. The molecule has 1 atom stereocenters.